The van der Waals surface area contributed by atoms with Gasteiger partial charge < -0.3 is 24.3 Å². The van der Waals surface area contributed by atoms with Crippen LogP contribution in [-0.2, 0) is 11.4 Å². The number of nitro groups is 1. The Morgan fingerprint density at radius 2 is 1.83 bits per heavy atom. The second-order valence-electron chi connectivity index (χ2n) is 7.58. The molecule has 0 unspecified atom stereocenters. The van der Waals surface area contributed by atoms with Gasteiger partial charge in [-0.2, -0.15) is 5.26 Å². The van der Waals surface area contributed by atoms with Gasteiger partial charge in [-0.25, -0.2) is 0 Å². The summed E-state index contributed by atoms with van der Waals surface area (Å²) in [6.45, 7) is 0.873. The molecule has 1 heterocycles. The zero-order chi connectivity index (χ0) is 25.5. The molecule has 3 aromatic rings. The van der Waals surface area contributed by atoms with Crippen LogP contribution < -0.4 is 24.3 Å². The van der Waals surface area contributed by atoms with E-state index in [1.807, 2.05) is 36.4 Å². The number of fused-ring (bicyclic) bond motifs is 1. The second kappa shape index (κ2) is 10.9. The van der Waals surface area contributed by atoms with Crippen LogP contribution in [0.15, 0.2) is 66.2 Å². The van der Waals surface area contributed by atoms with Gasteiger partial charge in [0.15, 0.2) is 23.0 Å². The summed E-state index contributed by atoms with van der Waals surface area (Å²) in [5.41, 5.74) is 0.728. The van der Waals surface area contributed by atoms with Gasteiger partial charge in [-0.15, -0.1) is 0 Å². The van der Waals surface area contributed by atoms with E-state index in [2.05, 4.69) is 5.32 Å². The second-order valence-corrected chi connectivity index (χ2v) is 7.58. The van der Waals surface area contributed by atoms with E-state index in [0.29, 0.717) is 23.7 Å². The fourth-order valence-corrected chi connectivity index (χ4v) is 3.46. The molecule has 36 heavy (non-hydrogen) atoms. The van der Waals surface area contributed by atoms with E-state index < -0.39 is 10.8 Å². The van der Waals surface area contributed by atoms with Gasteiger partial charge in [-0.05, 0) is 29.3 Å². The molecular weight excluding hydrogens is 466 g/mol. The lowest BCUT2D eigenvalue weighted by molar-refractivity contribution is -0.384. The highest BCUT2D eigenvalue weighted by Crippen LogP contribution is 2.39. The van der Waals surface area contributed by atoms with Crippen molar-refractivity contribution in [2.45, 2.75) is 6.61 Å². The summed E-state index contributed by atoms with van der Waals surface area (Å²) in [4.78, 5) is 23.7. The van der Waals surface area contributed by atoms with E-state index in [1.165, 1.54) is 25.3 Å². The number of rotatable bonds is 8. The van der Waals surface area contributed by atoms with Gasteiger partial charge in [0.25, 0.3) is 11.6 Å². The van der Waals surface area contributed by atoms with Crippen LogP contribution in [0.2, 0.25) is 0 Å². The topological polar surface area (TPSA) is 133 Å². The third-order valence-electron chi connectivity index (χ3n) is 5.21. The minimum absolute atomic E-state index is 0.113. The zero-order valence-corrected chi connectivity index (χ0v) is 19.2. The number of nitrogens with zero attached hydrogens (tertiary/aromatic N) is 2. The number of nitro benzene ring substituents is 1. The van der Waals surface area contributed by atoms with E-state index in [9.17, 15) is 20.2 Å². The van der Waals surface area contributed by atoms with Gasteiger partial charge in [0, 0.05) is 6.07 Å². The molecule has 1 amide bonds. The Labute approximate surface area is 206 Å². The monoisotopic (exact) mass is 487 g/mol. The van der Waals surface area contributed by atoms with Crippen molar-refractivity contribution < 1.29 is 28.7 Å². The zero-order valence-electron chi connectivity index (χ0n) is 19.2. The van der Waals surface area contributed by atoms with Crippen molar-refractivity contribution in [2.75, 3.05) is 25.6 Å². The van der Waals surface area contributed by atoms with Crippen molar-refractivity contribution >= 4 is 23.4 Å². The fraction of sp³-hybridized carbons (Fsp3) is 0.154. The van der Waals surface area contributed by atoms with Crippen molar-refractivity contribution in [3.63, 3.8) is 0 Å². The maximum atomic E-state index is 12.8. The van der Waals surface area contributed by atoms with Crippen LogP contribution in [0.5, 0.6) is 23.0 Å². The molecule has 1 aliphatic heterocycles. The smallest absolute Gasteiger partial charge is 0.296 e. The lowest BCUT2D eigenvalue weighted by atomic mass is 10.1. The molecule has 10 heteroatoms. The van der Waals surface area contributed by atoms with Crippen LogP contribution >= 0.6 is 0 Å². The molecule has 0 atom stereocenters. The summed E-state index contributed by atoms with van der Waals surface area (Å²) >= 11 is 0. The number of benzene rings is 3. The third kappa shape index (κ3) is 5.53. The first kappa shape index (κ1) is 24.1. The Hall–Kier alpha value is -5.04. The van der Waals surface area contributed by atoms with Gasteiger partial charge >= 0.3 is 0 Å². The van der Waals surface area contributed by atoms with E-state index in [4.69, 9.17) is 18.9 Å². The summed E-state index contributed by atoms with van der Waals surface area (Å²) in [6.07, 6.45) is 1.35. The minimum Gasteiger partial charge on any atom is -0.493 e. The summed E-state index contributed by atoms with van der Waals surface area (Å²) in [6, 6.07) is 18.9. The van der Waals surface area contributed by atoms with Crippen LogP contribution in [0.1, 0.15) is 11.1 Å². The average molecular weight is 487 g/mol. The molecule has 0 radical (unpaired) electrons. The summed E-state index contributed by atoms with van der Waals surface area (Å²) in [5.74, 6) is 0.568. The Kier molecular flexibility index (Phi) is 7.31. The van der Waals surface area contributed by atoms with Gasteiger partial charge in [0.1, 0.15) is 37.2 Å². The molecule has 1 aliphatic rings. The van der Waals surface area contributed by atoms with Crippen molar-refractivity contribution in [1.29, 1.82) is 5.26 Å². The highest BCUT2D eigenvalue weighted by molar-refractivity contribution is 6.10. The van der Waals surface area contributed by atoms with Crippen LogP contribution in [0.4, 0.5) is 11.4 Å². The van der Waals surface area contributed by atoms with Crippen LogP contribution in [0, 0.1) is 21.4 Å². The van der Waals surface area contributed by atoms with Crippen molar-refractivity contribution in [3.8, 4) is 29.1 Å². The maximum absolute atomic E-state index is 12.8. The number of carbonyl (C=O) groups is 1. The van der Waals surface area contributed by atoms with E-state index in [1.54, 1.807) is 18.2 Å². The number of carbonyl (C=O) groups excluding carboxylic acids is 1. The van der Waals surface area contributed by atoms with Crippen molar-refractivity contribution in [2.24, 2.45) is 0 Å². The Bertz CT molecular complexity index is 1360. The molecule has 10 nitrogen and oxygen atoms in total. The molecule has 0 saturated carbocycles. The lowest BCUT2D eigenvalue weighted by Crippen LogP contribution is -2.18. The SMILES string of the molecule is COc1cc(/C=C(\C#N)C(=O)Nc2cc3c(cc2[N+](=O)[O-])OCCO3)ccc1OCc1ccccc1. The molecule has 0 spiro atoms. The molecule has 4 rings (SSSR count). The highest BCUT2D eigenvalue weighted by Gasteiger charge is 2.24. The predicted octanol–water partition coefficient (Wildman–Crippen LogP) is 4.50. The molecular formula is C26H21N3O7. The molecule has 1 N–H and O–H groups in total. The van der Waals surface area contributed by atoms with Gasteiger partial charge in [-0.3, -0.25) is 14.9 Å². The van der Waals surface area contributed by atoms with Crippen molar-refractivity contribution in [1.82, 2.24) is 0 Å². The Balaban J connectivity index is 1.54. The standard InChI is InChI=1S/C26H21N3O7/c1-33-23-12-18(7-8-22(23)36-16-17-5-3-2-4-6-17)11-19(15-27)26(30)28-20-13-24-25(35-10-9-34-24)14-21(20)29(31)32/h2-8,11-14H,9-10,16H2,1H3,(H,28,30)/b19-11+. The highest BCUT2D eigenvalue weighted by atomic mass is 16.6. The summed E-state index contributed by atoms with van der Waals surface area (Å²) in [5, 5.41) is 23.5. The molecule has 0 saturated heterocycles. The number of methoxy groups -OCH3 is 1. The Morgan fingerprint density at radius 3 is 2.50 bits per heavy atom. The lowest BCUT2D eigenvalue weighted by Gasteiger charge is -2.19. The molecule has 0 bridgehead atoms. The van der Waals surface area contributed by atoms with Crippen LogP contribution in [0.3, 0.4) is 0 Å². The van der Waals surface area contributed by atoms with Gasteiger partial charge in [0.05, 0.1) is 18.1 Å². The largest absolute Gasteiger partial charge is 0.493 e. The molecule has 0 aliphatic carbocycles. The molecule has 0 fully saturated rings. The van der Waals surface area contributed by atoms with E-state index >= 15 is 0 Å². The van der Waals surface area contributed by atoms with Gasteiger partial charge in [0.2, 0.25) is 0 Å². The third-order valence-corrected chi connectivity index (χ3v) is 5.21. The normalized spacial score (nSPS) is 12.3. The Morgan fingerprint density at radius 1 is 1.11 bits per heavy atom. The number of ether oxygens (including phenoxy) is 4. The number of nitriles is 1. The van der Waals surface area contributed by atoms with E-state index in [-0.39, 0.29) is 41.7 Å². The van der Waals surface area contributed by atoms with Crippen LogP contribution in [-0.4, -0.2) is 31.2 Å². The first-order chi connectivity index (χ1) is 17.5. The summed E-state index contributed by atoms with van der Waals surface area (Å²) < 4.78 is 22.0. The maximum Gasteiger partial charge on any atom is 0.296 e. The van der Waals surface area contributed by atoms with E-state index in [0.717, 1.165) is 5.56 Å². The molecule has 3 aromatic carbocycles. The quantitative estimate of drug-likeness (QED) is 0.213. The van der Waals surface area contributed by atoms with Crippen LogP contribution in [0.25, 0.3) is 6.08 Å². The van der Waals surface area contributed by atoms with Crippen molar-refractivity contribution in [3.05, 3.63) is 87.5 Å². The minimum atomic E-state index is -0.819. The van der Waals surface area contributed by atoms with Gasteiger partial charge in [-0.1, -0.05) is 36.4 Å². The fourth-order valence-electron chi connectivity index (χ4n) is 3.46. The number of anilines is 1. The first-order valence-electron chi connectivity index (χ1n) is 10.8. The molecule has 182 valence electrons. The average Bonchev–Trinajstić information content (AvgIpc) is 2.90. The summed E-state index contributed by atoms with van der Waals surface area (Å²) in [7, 11) is 1.48. The number of amides is 1. The first-order valence-corrected chi connectivity index (χ1v) is 10.8. The molecule has 0 aromatic heterocycles. The predicted molar refractivity (Wildman–Crippen MR) is 130 cm³/mol. The number of hydrogen-bond donors (Lipinski definition) is 1. The number of hydrogen-bond acceptors (Lipinski definition) is 8. The number of nitrogens with one attached hydrogen (secondary N) is 1.